The highest BCUT2D eigenvalue weighted by Gasteiger charge is 2.10. The summed E-state index contributed by atoms with van der Waals surface area (Å²) in [5, 5.41) is 5.79. The first-order valence-corrected chi connectivity index (χ1v) is 8.05. The Kier molecular flexibility index (Phi) is 4.41. The molecule has 0 aliphatic rings. The Hall–Kier alpha value is -1.19. The molecule has 21 heavy (non-hydrogen) atoms. The van der Waals surface area contributed by atoms with E-state index in [-0.39, 0.29) is 5.82 Å². The Morgan fingerprint density at radius 1 is 1.14 bits per heavy atom. The fourth-order valence-corrected chi connectivity index (χ4v) is 3.12. The Balaban J connectivity index is 1.87. The number of nitrogens with zero attached hydrogens (tertiary/aromatic N) is 4. The van der Waals surface area contributed by atoms with Gasteiger partial charge in [0.1, 0.15) is 14.5 Å². The topological polar surface area (TPSA) is 43.6 Å². The normalized spacial score (nSPS) is 10.8. The van der Waals surface area contributed by atoms with Crippen LogP contribution in [-0.4, -0.2) is 19.7 Å². The summed E-state index contributed by atoms with van der Waals surface area (Å²) in [5.74, 6) is 0.186. The van der Waals surface area contributed by atoms with Gasteiger partial charge in [-0.25, -0.2) is 19.0 Å². The number of hydrogen-bond donors (Lipinski definition) is 0. The summed E-state index contributed by atoms with van der Waals surface area (Å²) >= 11 is 9.43. The van der Waals surface area contributed by atoms with Crippen molar-refractivity contribution in [1.82, 2.24) is 19.7 Å². The predicted molar refractivity (Wildman–Crippen MR) is 87.4 cm³/mol. The SMILES string of the molecule is Fc1ccc(-n2cc(Sc3ccc(Cl)cn3)c(I)n2)nc1. The molecule has 0 saturated heterocycles. The molecule has 3 rings (SSSR count). The minimum absolute atomic E-state index is 0.374. The van der Waals surface area contributed by atoms with E-state index < -0.39 is 0 Å². The first-order chi connectivity index (χ1) is 10.1. The van der Waals surface area contributed by atoms with Crippen molar-refractivity contribution in [2.45, 2.75) is 9.92 Å². The van der Waals surface area contributed by atoms with E-state index in [2.05, 4.69) is 37.7 Å². The van der Waals surface area contributed by atoms with Crippen LogP contribution in [0.2, 0.25) is 5.02 Å². The zero-order valence-electron chi connectivity index (χ0n) is 10.4. The number of halogens is 3. The van der Waals surface area contributed by atoms with E-state index >= 15 is 0 Å². The number of pyridine rings is 2. The summed E-state index contributed by atoms with van der Waals surface area (Å²) in [6, 6.07) is 6.56. The van der Waals surface area contributed by atoms with Gasteiger partial charge in [0.15, 0.2) is 5.82 Å². The van der Waals surface area contributed by atoms with Crippen LogP contribution in [-0.2, 0) is 0 Å². The van der Waals surface area contributed by atoms with E-state index in [0.717, 1.165) is 19.8 Å². The molecule has 0 unspecified atom stereocenters. The van der Waals surface area contributed by atoms with Crippen LogP contribution in [0.5, 0.6) is 0 Å². The Morgan fingerprint density at radius 2 is 2.00 bits per heavy atom. The molecular weight excluding hydrogens is 426 g/mol. The van der Waals surface area contributed by atoms with Crippen LogP contribution >= 0.6 is 46.0 Å². The highest BCUT2D eigenvalue weighted by atomic mass is 127. The fourth-order valence-electron chi connectivity index (χ4n) is 1.56. The maximum Gasteiger partial charge on any atom is 0.153 e. The van der Waals surface area contributed by atoms with E-state index in [1.807, 2.05) is 12.3 Å². The van der Waals surface area contributed by atoms with Gasteiger partial charge in [-0.2, -0.15) is 5.10 Å². The number of hydrogen-bond acceptors (Lipinski definition) is 4. The lowest BCUT2D eigenvalue weighted by molar-refractivity contribution is 0.619. The van der Waals surface area contributed by atoms with E-state index in [4.69, 9.17) is 11.6 Å². The largest absolute Gasteiger partial charge is 0.248 e. The van der Waals surface area contributed by atoms with Gasteiger partial charge in [0.05, 0.1) is 16.1 Å². The van der Waals surface area contributed by atoms with Crippen molar-refractivity contribution in [3.05, 3.63) is 57.4 Å². The van der Waals surface area contributed by atoms with Gasteiger partial charge in [-0.15, -0.1) is 0 Å². The van der Waals surface area contributed by atoms with Gasteiger partial charge in [-0.3, -0.25) is 0 Å². The summed E-state index contributed by atoms with van der Waals surface area (Å²) in [7, 11) is 0. The quantitative estimate of drug-likeness (QED) is 0.582. The van der Waals surface area contributed by atoms with Crippen molar-refractivity contribution in [1.29, 1.82) is 0 Å². The molecule has 0 atom stereocenters. The molecule has 0 N–H and O–H groups in total. The molecule has 0 amide bonds. The highest BCUT2D eigenvalue weighted by molar-refractivity contribution is 14.1. The molecule has 3 heterocycles. The third-order valence-electron chi connectivity index (χ3n) is 2.50. The minimum atomic E-state index is -0.374. The van der Waals surface area contributed by atoms with Crippen molar-refractivity contribution in [3.8, 4) is 5.82 Å². The maximum absolute atomic E-state index is 12.9. The minimum Gasteiger partial charge on any atom is -0.248 e. The monoisotopic (exact) mass is 432 g/mol. The van der Waals surface area contributed by atoms with Crippen molar-refractivity contribution < 1.29 is 4.39 Å². The summed E-state index contributed by atoms with van der Waals surface area (Å²) in [6.45, 7) is 0. The lowest BCUT2D eigenvalue weighted by Crippen LogP contribution is -1.97. The van der Waals surface area contributed by atoms with Gasteiger partial charge in [0, 0.05) is 12.4 Å². The molecule has 106 valence electrons. The van der Waals surface area contributed by atoms with E-state index in [1.54, 1.807) is 23.0 Å². The summed E-state index contributed by atoms with van der Waals surface area (Å²) in [6.07, 6.45) is 4.60. The molecule has 0 bridgehead atoms. The average Bonchev–Trinajstić information content (AvgIpc) is 2.83. The molecule has 0 aromatic carbocycles. The average molecular weight is 433 g/mol. The molecule has 3 aromatic heterocycles. The molecule has 0 aliphatic carbocycles. The molecule has 0 fully saturated rings. The zero-order chi connectivity index (χ0) is 14.8. The van der Waals surface area contributed by atoms with E-state index in [1.165, 1.54) is 17.8 Å². The van der Waals surface area contributed by atoms with Crippen LogP contribution in [0.3, 0.4) is 0 Å². The molecule has 3 aromatic rings. The van der Waals surface area contributed by atoms with Crippen molar-refractivity contribution in [2.75, 3.05) is 0 Å². The predicted octanol–water partition coefficient (Wildman–Crippen LogP) is 4.21. The Morgan fingerprint density at radius 3 is 2.67 bits per heavy atom. The lowest BCUT2D eigenvalue weighted by atomic mass is 10.4. The smallest absolute Gasteiger partial charge is 0.153 e. The zero-order valence-corrected chi connectivity index (χ0v) is 14.1. The first-order valence-electron chi connectivity index (χ1n) is 5.78. The molecule has 8 heteroatoms. The van der Waals surface area contributed by atoms with Crippen LogP contribution in [0.25, 0.3) is 5.82 Å². The van der Waals surface area contributed by atoms with Gasteiger partial charge < -0.3 is 0 Å². The fraction of sp³-hybridized carbons (Fsp3) is 0. The third kappa shape index (κ3) is 3.53. The second kappa shape index (κ2) is 6.29. The van der Waals surface area contributed by atoms with Crippen LogP contribution in [0.4, 0.5) is 4.39 Å². The van der Waals surface area contributed by atoms with Gasteiger partial charge in [0.25, 0.3) is 0 Å². The van der Waals surface area contributed by atoms with Crippen LogP contribution in [0, 0.1) is 9.52 Å². The summed E-state index contributed by atoms with van der Waals surface area (Å²) < 4.78 is 15.3. The molecule has 0 spiro atoms. The number of rotatable bonds is 3. The van der Waals surface area contributed by atoms with Gasteiger partial charge in [0.2, 0.25) is 0 Å². The Labute approximate surface area is 142 Å². The van der Waals surface area contributed by atoms with Crippen molar-refractivity contribution >= 4 is 46.0 Å². The molecule has 0 saturated carbocycles. The van der Waals surface area contributed by atoms with Crippen LogP contribution in [0.1, 0.15) is 0 Å². The molecule has 4 nitrogen and oxygen atoms in total. The molecular formula is C13H7ClFIN4S. The molecule has 0 radical (unpaired) electrons. The lowest BCUT2D eigenvalue weighted by Gasteiger charge is -1.99. The summed E-state index contributed by atoms with van der Waals surface area (Å²) in [5.41, 5.74) is 0. The van der Waals surface area contributed by atoms with Crippen molar-refractivity contribution in [3.63, 3.8) is 0 Å². The van der Waals surface area contributed by atoms with Gasteiger partial charge in [-0.1, -0.05) is 23.4 Å². The number of aromatic nitrogens is 4. The molecule has 0 aliphatic heterocycles. The summed E-state index contributed by atoms with van der Waals surface area (Å²) in [4.78, 5) is 9.18. The second-order valence-electron chi connectivity index (χ2n) is 3.98. The van der Waals surface area contributed by atoms with Crippen molar-refractivity contribution in [2.24, 2.45) is 0 Å². The van der Waals surface area contributed by atoms with Gasteiger partial charge >= 0.3 is 0 Å². The van der Waals surface area contributed by atoms with E-state index in [0.29, 0.717) is 10.8 Å². The Bertz CT molecular complexity index is 761. The second-order valence-corrected chi connectivity index (χ2v) is 6.50. The van der Waals surface area contributed by atoms with Gasteiger partial charge in [-0.05, 0) is 46.9 Å². The van der Waals surface area contributed by atoms with Crippen LogP contribution < -0.4 is 0 Å². The van der Waals surface area contributed by atoms with Crippen LogP contribution in [0.15, 0.2) is 52.8 Å². The third-order valence-corrected chi connectivity index (χ3v) is 4.86. The first kappa shape index (κ1) is 14.7. The van der Waals surface area contributed by atoms with E-state index in [9.17, 15) is 4.39 Å². The highest BCUT2D eigenvalue weighted by Crippen LogP contribution is 2.30. The maximum atomic E-state index is 12.9. The standard InChI is InChI=1S/C13H7ClFIN4S/c14-8-1-4-12(18-5-8)21-10-7-20(19-13(10)16)11-3-2-9(15)6-17-11/h1-7H.